The van der Waals surface area contributed by atoms with Gasteiger partial charge in [-0.05, 0) is 38.0 Å². The van der Waals surface area contributed by atoms with Crippen molar-refractivity contribution in [3.63, 3.8) is 0 Å². The van der Waals surface area contributed by atoms with Gasteiger partial charge < -0.3 is 9.47 Å². The Bertz CT molecular complexity index is 158. The van der Waals surface area contributed by atoms with Crippen molar-refractivity contribution in [2.45, 2.75) is 50.3 Å². The van der Waals surface area contributed by atoms with E-state index < -0.39 is 0 Å². The third kappa shape index (κ3) is 6.07. The van der Waals surface area contributed by atoms with Crippen LogP contribution in [0.1, 0.15) is 44.9 Å². The van der Waals surface area contributed by atoms with E-state index >= 15 is 0 Å². The average molecular weight is 249 g/mol. The van der Waals surface area contributed by atoms with Gasteiger partial charge in [0.1, 0.15) is 0 Å². The highest BCUT2D eigenvalue weighted by atomic mass is 35.5. The maximum atomic E-state index is 6.39. The molecule has 1 rings (SSSR count). The largest absolute Gasteiger partial charge is 0.382 e. The number of unbranched alkanes of at least 4 members (excludes halogenated alkanes) is 1. The first-order valence-electron chi connectivity index (χ1n) is 6.55. The van der Waals surface area contributed by atoms with E-state index in [1.165, 1.54) is 32.1 Å². The molecule has 0 heterocycles. The van der Waals surface area contributed by atoms with E-state index in [9.17, 15) is 0 Å². The number of hydrogen-bond acceptors (Lipinski definition) is 2. The lowest BCUT2D eigenvalue weighted by atomic mass is 9.99. The third-order valence-electron chi connectivity index (χ3n) is 3.36. The van der Waals surface area contributed by atoms with Crippen LogP contribution >= 0.6 is 11.6 Å². The molecule has 1 atom stereocenters. The highest BCUT2D eigenvalue weighted by Crippen LogP contribution is 2.32. The molecule has 0 aromatic heterocycles. The fourth-order valence-corrected chi connectivity index (χ4v) is 2.75. The summed E-state index contributed by atoms with van der Waals surface area (Å²) >= 11 is 6.39. The molecule has 0 amide bonds. The zero-order valence-corrected chi connectivity index (χ0v) is 11.2. The summed E-state index contributed by atoms with van der Waals surface area (Å²) in [6, 6.07) is 0. The van der Waals surface area contributed by atoms with Gasteiger partial charge in [0.2, 0.25) is 0 Å². The van der Waals surface area contributed by atoms with Crippen LogP contribution < -0.4 is 0 Å². The van der Waals surface area contributed by atoms with E-state index in [1.807, 2.05) is 0 Å². The fraction of sp³-hybridized carbons (Fsp3) is 1.00. The maximum absolute atomic E-state index is 6.39. The summed E-state index contributed by atoms with van der Waals surface area (Å²) in [4.78, 5) is 0. The van der Waals surface area contributed by atoms with Crippen LogP contribution in [0.2, 0.25) is 0 Å². The molecule has 0 saturated heterocycles. The number of ether oxygens (including phenoxy) is 2. The minimum absolute atomic E-state index is 0.404. The third-order valence-corrected chi connectivity index (χ3v) is 3.94. The molecule has 0 N–H and O–H groups in total. The van der Waals surface area contributed by atoms with Crippen molar-refractivity contribution in [1.82, 2.24) is 0 Å². The summed E-state index contributed by atoms with van der Waals surface area (Å²) in [6.45, 7) is 2.25. The highest BCUT2D eigenvalue weighted by Gasteiger charge is 2.22. The summed E-state index contributed by atoms with van der Waals surface area (Å²) in [5.41, 5.74) is 0. The van der Waals surface area contributed by atoms with Crippen LogP contribution in [0, 0.1) is 5.92 Å². The molecule has 0 radical (unpaired) electrons. The summed E-state index contributed by atoms with van der Waals surface area (Å²) in [7, 11) is 1.70. The van der Waals surface area contributed by atoms with Crippen molar-refractivity contribution in [1.29, 1.82) is 0 Å². The Balaban J connectivity index is 1.86. The Morgan fingerprint density at radius 3 is 2.56 bits per heavy atom. The molecule has 1 fully saturated rings. The predicted octanol–water partition coefficient (Wildman–Crippen LogP) is 3.62. The lowest BCUT2D eigenvalue weighted by Gasteiger charge is -2.16. The molecule has 0 aromatic rings. The van der Waals surface area contributed by atoms with Crippen LogP contribution in [0.3, 0.4) is 0 Å². The molecule has 96 valence electrons. The summed E-state index contributed by atoms with van der Waals surface area (Å²) in [5.74, 6) is 0.788. The van der Waals surface area contributed by atoms with Crippen LogP contribution in [0.15, 0.2) is 0 Å². The smallest absolute Gasteiger partial charge is 0.0700 e. The zero-order valence-electron chi connectivity index (χ0n) is 10.4. The molecular weight excluding hydrogens is 224 g/mol. The van der Waals surface area contributed by atoms with Gasteiger partial charge in [-0.2, -0.15) is 0 Å². The molecule has 0 aliphatic heterocycles. The van der Waals surface area contributed by atoms with Gasteiger partial charge in [-0.25, -0.2) is 0 Å². The van der Waals surface area contributed by atoms with Crippen LogP contribution in [0.4, 0.5) is 0 Å². The molecular formula is C13H25ClO2. The topological polar surface area (TPSA) is 18.5 Å². The lowest BCUT2D eigenvalue weighted by molar-refractivity contribution is 0.0685. The van der Waals surface area contributed by atoms with Crippen molar-refractivity contribution in [3.05, 3.63) is 0 Å². The Morgan fingerprint density at radius 2 is 1.88 bits per heavy atom. The molecule has 1 aliphatic rings. The molecule has 16 heavy (non-hydrogen) atoms. The molecule has 1 saturated carbocycles. The highest BCUT2D eigenvalue weighted by molar-refractivity contribution is 6.20. The number of hydrogen-bond donors (Lipinski definition) is 0. The van der Waals surface area contributed by atoms with Crippen molar-refractivity contribution in [2.75, 3.05) is 26.9 Å². The van der Waals surface area contributed by atoms with E-state index in [1.54, 1.807) is 7.11 Å². The van der Waals surface area contributed by atoms with Crippen LogP contribution in [-0.2, 0) is 9.47 Å². The van der Waals surface area contributed by atoms with E-state index in [-0.39, 0.29) is 0 Å². The summed E-state index contributed by atoms with van der Waals surface area (Å²) < 4.78 is 10.3. The van der Waals surface area contributed by atoms with Gasteiger partial charge in [0.15, 0.2) is 0 Å². The minimum Gasteiger partial charge on any atom is -0.382 e. The van der Waals surface area contributed by atoms with E-state index in [4.69, 9.17) is 21.1 Å². The maximum Gasteiger partial charge on any atom is 0.0700 e. The first kappa shape index (κ1) is 14.3. The average Bonchev–Trinajstić information content (AvgIpc) is 2.81. The van der Waals surface area contributed by atoms with Gasteiger partial charge >= 0.3 is 0 Å². The van der Waals surface area contributed by atoms with Crippen molar-refractivity contribution >= 4 is 11.6 Å². The zero-order chi connectivity index (χ0) is 11.6. The number of halogens is 1. The van der Waals surface area contributed by atoms with Crippen molar-refractivity contribution in [2.24, 2.45) is 5.92 Å². The van der Waals surface area contributed by atoms with Gasteiger partial charge in [0, 0.05) is 19.1 Å². The minimum atomic E-state index is 0.404. The molecule has 0 spiro atoms. The van der Waals surface area contributed by atoms with Crippen LogP contribution in [-0.4, -0.2) is 32.3 Å². The first-order valence-corrected chi connectivity index (χ1v) is 6.99. The Morgan fingerprint density at radius 1 is 1.12 bits per heavy atom. The van der Waals surface area contributed by atoms with Crippen molar-refractivity contribution in [3.8, 4) is 0 Å². The van der Waals surface area contributed by atoms with E-state index in [0.29, 0.717) is 18.6 Å². The quantitative estimate of drug-likeness (QED) is 0.458. The number of alkyl halides is 1. The Kier molecular flexibility index (Phi) is 8.26. The van der Waals surface area contributed by atoms with Gasteiger partial charge in [-0.3, -0.25) is 0 Å². The van der Waals surface area contributed by atoms with Gasteiger partial charge in [-0.1, -0.05) is 12.8 Å². The summed E-state index contributed by atoms with van der Waals surface area (Å²) in [5, 5.41) is 0.404. The molecule has 3 heteroatoms. The Labute approximate surface area is 105 Å². The van der Waals surface area contributed by atoms with Crippen molar-refractivity contribution < 1.29 is 9.47 Å². The predicted molar refractivity (Wildman–Crippen MR) is 68.1 cm³/mol. The van der Waals surface area contributed by atoms with E-state index in [0.717, 1.165) is 25.4 Å². The monoisotopic (exact) mass is 248 g/mol. The molecule has 2 nitrogen and oxygen atoms in total. The van der Waals surface area contributed by atoms with Gasteiger partial charge in [-0.15, -0.1) is 11.6 Å². The number of rotatable bonds is 9. The number of methoxy groups -OCH3 is 1. The Hall–Kier alpha value is 0.210. The molecule has 1 unspecified atom stereocenters. The molecule has 0 bridgehead atoms. The first-order chi connectivity index (χ1) is 7.84. The molecule has 0 aromatic carbocycles. The van der Waals surface area contributed by atoms with Crippen LogP contribution in [0.25, 0.3) is 0 Å². The van der Waals surface area contributed by atoms with E-state index in [2.05, 4.69) is 0 Å². The fourth-order valence-electron chi connectivity index (χ4n) is 2.34. The molecule has 1 aliphatic carbocycles. The van der Waals surface area contributed by atoms with Crippen LogP contribution in [0.5, 0.6) is 0 Å². The van der Waals surface area contributed by atoms with Gasteiger partial charge in [0.05, 0.1) is 13.2 Å². The van der Waals surface area contributed by atoms with Gasteiger partial charge in [0.25, 0.3) is 0 Å². The summed E-state index contributed by atoms with van der Waals surface area (Å²) in [6.07, 6.45) is 8.93. The normalized spacial score (nSPS) is 19.1. The standard InChI is InChI=1S/C13H25ClO2/c1-15-10-11-16-9-5-4-8-13(14)12-6-2-3-7-12/h12-13H,2-11H2,1H3. The lowest BCUT2D eigenvalue weighted by Crippen LogP contribution is -2.11. The second-order valence-electron chi connectivity index (χ2n) is 4.66. The second kappa shape index (κ2) is 9.26. The second-order valence-corrected chi connectivity index (χ2v) is 5.22. The SMILES string of the molecule is COCCOCCCCC(Cl)C1CCCC1.